The summed E-state index contributed by atoms with van der Waals surface area (Å²) in [4.78, 5) is 13.0. The highest BCUT2D eigenvalue weighted by Gasteiger charge is 2.44. The summed E-state index contributed by atoms with van der Waals surface area (Å²) in [6, 6.07) is 14.5. The number of aliphatic hydroxyl groups excluding tert-OH is 1. The van der Waals surface area contributed by atoms with E-state index in [-0.39, 0.29) is 49.1 Å². The van der Waals surface area contributed by atoms with Gasteiger partial charge in [0.15, 0.2) is 6.29 Å². The molecule has 2 fully saturated rings. The number of nitrogens with one attached hydrogen (secondary N) is 1. The average molecular weight is 548 g/mol. The Morgan fingerprint density at radius 2 is 1.84 bits per heavy atom. The zero-order valence-corrected chi connectivity index (χ0v) is 22.5. The predicted octanol–water partition coefficient (Wildman–Crippen LogP) is 2.38. The number of nitrogen functional groups attached to an aromatic ring is 1. The van der Waals surface area contributed by atoms with Crippen molar-refractivity contribution in [2.45, 2.75) is 56.1 Å². The maximum absolute atomic E-state index is 13.5. The van der Waals surface area contributed by atoms with Gasteiger partial charge in [0.05, 0.1) is 36.2 Å². The Morgan fingerprint density at radius 1 is 1.13 bits per heavy atom. The van der Waals surface area contributed by atoms with Gasteiger partial charge in [-0.2, -0.15) is 4.31 Å². The van der Waals surface area contributed by atoms with Gasteiger partial charge in [0, 0.05) is 18.8 Å². The van der Waals surface area contributed by atoms with Crippen molar-refractivity contribution in [1.29, 1.82) is 0 Å². The summed E-state index contributed by atoms with van der Waals surface area (Å²) >= 11 is 0. The molecule has 0 unspecified atom stereocenters. The van der Waals surface area contributed by atoms with Crippen molar-refractivity contribution in [3.63, 3.8) is 0 Å². The van der Waals surface area contributed by atoms with Crippen LogP contribution in [0.15, 0.2) is 59.5 Å². The molecule has 4 rings (SSSR count). The van der Waals surface area contributed by atoms with Crippen molar-refractivity contribution in [2.24, 2.45) is 11.8 Å². The van der Waals surface area contributed by atoms with E-state index >= 15 is 0 Å². The minimum atomic E-state index is -3.93. The number of carbonyl (C=O) groups is 1. The van der Waals surface area contributed by atoms with Crippen molar-refractivity contribution in [2.75, 3.05) is 32.0 Å². The normalized spacial score (nSPS) is 22.8. The first-order chi connectivity index (χ1) is 18.1. The van der Waals surface area contributed by atoms with Gasteiger partial charge in [-0.1, -0.05) is 44.2 Å². The summed E-state index contributed by atoms with van der Waals surface area (Å²) < 4.78 is 44.9. The van der Waals surface area contributed by atoms with Gasteiger partial charge in [0.25, 0.3) is 0 Å². The summed E-state index contributed by atoms with van der Waals surface area (Å²) in [5.74, 6) is -0.0231. The number of nitrogens with two attached hydrogens (primary N) is 1. The third-order valence-electron chi connectivity index (χ3n) is 6.79. The highest BCUT2D eigenvalue weighted by molar-refractivity contribution is 7.89. The minimum absolute atomic E-state index is 0.000183. The highest BCUT2D eigenvalue weighted by Crippen LogP contribution is 2.33. The number of amides is 1. The summed E-state index contributed by atoms with van der Waals surface area (Å²) in [6.07, 6.45) is -1.69. The Morgan fingerprint density at radius 3 is 2.53 bits per heavy atom. The average Bonchev–Trinajstić information content (AvgIpc) is 3.49. The first-order valence-electron chi connectivity index (χ1n) is 12.9. The van der Waals surface area contributed by atoms with E-state index < -0.39 is 34.4 Å². The molecule has 2 aliphatic rings. The number of anilines is 1. The van der Waals surface area contributed by atoms with Crippen LogP contribution in [0.5, 0.6) is 0 Å². The Hall–Kier alpha value is -2.70. The van der Waals surface area contributed by atoms with Gasteiger partial charge in [-0.25, -0.2) is 13.2 Å². The topological polar surface area (TPSA) is 140 Å². The Balaban J connectivity index is 1.51. The fraction of sp³-hybridized carbons (Fsp3) is 0.519. The molecule has 0 spiro atoms. The van der Waals surface area contributed by atoms with Crippen molar-refractivity contribution in [3.8, 4) is 0 Å². The van der Waals surface area contributed by atoms with Gasteiger partial charge in [0.2, 0.25) is 10.0 Å². The highest BCUT2D eigenvalue weighted by atomic mass is 32.2. The molecule has 0 aliphatic carbocycles. The second kappa shape index (κ2) is 12.4. The fourth-order valence-corrected chi connectivity index (χ4v) is 6.45. The van der Waals surface area contributed by atoms with Gasteiger partial charge in [-0.05, 0) is 48.6 Å². The number of ether oxygens (including phenoxy) is 3. The molecule has 38 heavy (non-hydrogen) atoms. The number of carbonyl (C=O) groups excluding carboxylic acids is 1. The van der Waals surface area contributed by atoms with E-state index in [4.69, 9.17) is 19.9 Å². The van der Waals surface area contributed by atoms with E-state index in [9.17, 15) is 18.3 Å². The van der Waals surface area contributed by atoms with Crippen molar-refractivity contribution in [3.05, 3.63) is 60.2 Å². The van der Waals surface area contributed by atoms with Crippen LogP contribution in [-0.4, -0.2) is 74.8 Å². The second-order valence-electron chi connectivity index (χ2n) is 10.3. The number of benzene rings is 2. The standard InChI is InChI=1S/C27H37N3O7S/c1-18(2)15-30(38(33,34)21-10-8-20(28)9-11-21)16-24(31)23(14-19-6-4-3-5-7-19)29-27(32)37-25-17-36-26-22(25)12-13-35-26/h3-11,18,22-26,31H,12-17,28H2,1-2H3,(H,29,32)/t22-,23-,24-,25+,26-/m0/s1. The van der Waals surface area contributed by atoms with Gasteiger partial charge < -0.3 is 30.4 Å². The van der Waals surface area contributed by atoms with E-state index in [1.807, 2.05) is 44.2 Å². The Bertz CT molecular complexity index is 1160. The summed E-state index contributed by atoms with van der Waals surface area (Å²) in [5.41, 5.74) is 7.07. The van der Waals surface area contributed by atoms with Crippen LogP contribution in [0, 0.1) is 11.8 Å². The zero-order valence-electron chi connectivity index (χ0n) is 21.7. The quantitative estimate of drug-likeness (QED) is 0.364. The van der Waals surface area contributed by atoms with Crippen molar-refractivity contribution >= 4 is 21.8 Å². The zero-order chi connectivity index (χ0) is 27.3. The number of fused-ring (bicyclic) bond motifs is 1. The molecule has 2 aromatic carbocycles. The maximum Gasteiger partial charge on any atom is 0.407 e. The van der Waals surface area contributed by atoms with E-state index in [1.165, 1.54) is 28.6 Å². The van der Waals surface area contributed by atoms with Crippen LogP contribution in [0.4, 0.5) is 10.5 Å². The number of rotatable bonds is 11. The van der Waals surface area contributed by atoms with Crippen LogP contribution in [0.25, 0.3) is 0 Å². The predicted molar refractivity (Wildman–Crippen MR) is 142 cm³/mol. The van der Waals surface area contributed by atoms with Crippen molar-refractivity contribution < 1.29 is 32.5 Å². The number of hydrogen-bond donors (Lipinski definition) is 3. The fourth-order valence-electron chi connectivity index (χ4n) is 4.82. The number of sulfonamides is 1. The van der Waals surface area contributed by atoms with Crippen LogP contribution in [-0.2, 0) is 30.7 Å². The molecule has 208 valence electrons. The van der Waals surface area contributed by atoms with Gasteiger partial charge in [0.1, 0.15) is 6.10 Å². The largest absolute Gasteiger partial charge is 0.443 e. The summed E-state index contributed by atoms with van der Waals surface area (Å²) in [6.45, 7) is 4.58. The number of hydrogen-bond acceptors (Lipinski definition) is 8. The molecule has 11 heteroatoms. The lowest BCUT2D eigenvalue weighted by Crippen LogP contribution is -2.51. The molecule has 0 aromatic heterocycles. The molecule has 2 aliphatic heterocycles. The van der Waals surface area contributed by atoms with Crippen molar-refractivity contribution in [1.82, 2.24) is 9.62 Å². The van der Waals surface area contributed by atoms with Crippen LogP contribution < -0.4 is 11.1 Å². The molecule has 0 saturated carbocycles. The molecule has 5 atom stereocenters. The molecule has 2 aromatic rings. The molecule has 4 N–H and O–H groups in total. The molecular formula is C27H37N3O7S. The van der Waals surface area contributed by atoms with E-state index in [1.54, 1.807) is 0 Å². The molecule has 1 amide bonds. The van der Waals surface area contributed by atoms with Crippen LogP contribution >= 0.6 is 0 Å². The van der Waals surface area contributed by atoms with Gasteiger partial charge in [-0.3, -0.25) is 0 Å². The Labute approximate surface area is 224 Å². The summed E-state index contributed by atoms with van der Waals surface area (Å²) in [5, 5.41) is 14.1. The van der Waals surface area contributed by atoms with Gasteiger partial charge in [-0.15, -0.1) is 0 Å². The monoisotopic (exact) mass is 547 g/mol. The minimum Gasteiger partial charge on any atom is -0.443 e. The van der Waals surface area contributed by atoms with Crippen LogP contribution in [0.1, 0.15) is 25.8 Å². The number of alkyl carbamates (subject to hydrolysis) is 1. The third-order valence-corrected chi connectivity index (χ3v) is 8.63. The van der Waals surface area contributed by atoms with E-state index in [2.05, 4.69) is 5.32 Å². The smallest absolute Gasteiger partial charge is 0.407 e. The van der Waals surface area contributed by atoms with Crippen LogP contribution in [0.2, 0.25) is 0 Å². The Kier molecular flexibility index (Phi) is 9.27. The molecule has 2 heterocycles. The molecule has 10 nitrogen and oxygen atoms in total. The molecule has 2 saturated heterocycles. The van der Waals surface area contributed by atoms with Gasteiger partial charge >= 0.3 is 6.09 Å². The number of nitrogens with zero attached hydrogens (tertiary/aromatic N) is 1. The molecule has 0 bridgehead atoms. The second-order valence-corrected chi connectivity index (χ2v) is 12.2. The number of aliphatic hydroxyl groups is 1. The maximum atomic E-state index is 13.5. The first-order valence-corrected chi connectivity index (χ1v) is 14.4. The lowest BCUT2D eigenvalue weighted by molar-refractivity contribution is -0.0907. The van der Waals surface area contributed by atoms with Crippen LogP contribution in [0.3, 0.4) is 0 Å². The van der Waals surface area contributed by atoms with E-state index in [0.29, 0.717) is 12.3 Å². The van der Waals surface area contributed by atoms with E-state index in [0.717, 1.165) is 12.0 Å². The molecule has 0 radical (unpaired) electrons. The SMILES string of the molecule is CC(C)CN(C[C@H](O)[C@H](Cc1ccccc1)NC(=O)O[C@@H]1CO[C@@H]2OCC[C@H]21)S(=O)(=O)c1ccc(N)cc1. The third kappa shape index (κ3) is 7.03. The molecular weight excluding hydrogens is 510 g/mol. The summed E-state index contributed by atoms with van der Waals surface area (Å²) in [7, 11) is -3.93. The lowest BCUT2D eigenvalue weighted by Gasteiger charge is -2.31. The first kappa shape index (κ1) is 28.3. The lowest BCUT2D eigenvalue weighted by atomic mass is 10.0.